The molecule has 0 bridgehead atoms. The Hall–Kier alpha value is -1.38. The predicted molar refractivity (Wildman–Crippen MR) is 98.4 cm³/mol. The molecule has 0 amide bonds. The summed E-state index contributed by atoms with van der Waals surface area (Å²) >= 11 is 3.02. The van der Waals surface area contributed by atoms with E-state index in [-0.39, 0.29) is 10.6 Å². The van der Waals surface area contributed by atoms with Crippen LogP contribution in [0.4, 0.5) is 13.2 Å². The van der Waals surface area contributed by atoms with Crippen LogP contribution in [0.2, 0.25) is 0 Å². The van der Waals surface area contributed by atoms with Crippen LogP contribution in [0.5, 0.6) is 11.8 Å². The molecule has 3 heterocycles. The molecule has 148 valence electrons. The minimum absolute atomic E-state index is 0.133. The minimum atomic E-state index is -5.82. The summed E-state index contributed by atoms with van der Waals surface area (Å²) in [5, 5.41) is 0.869. The van der Waals surface area contributed by atoms with Crippen LogP contribution in [-0.4, -0.2) is 40.1 Å². The molecule has 3 rings (SSSR count). The SMILES string of the molecule is CSc1nc(OC(C)(C)C)c2c(n1)sc1c(OS(=O)(=O)C(F)(F)F)nsc12. The molecule has 0 aliphatic rings. The summed E-state index contributed by atoms with van der Waals surface area (Å²) in [5.41, 5.74) is -6.14. The lowest BCUT2D eigenvalue weighted by Gasteiger charge is -2.20. The molecular weight excluding hydrogens is 447 g/mol. The Kier molecular flexibility index (Phi) is 4.98. The molecule has 0 aliphatic carbocycles. The van der Waals surface area contributed by atoms with Crippen LogP contribution in [0.3, 0.4) is 0 Å². The predicted octanol–water partition coefficient (Wildman–Crippen LogP) is 4.43. The normalized spacial score (nSPS) is 13.4. The molecule has 0 aliphatic heterocycles. The van der Waals surface area contributed by atoms with Crippen molar-refractivity contribution in [2.75, 3.05) is 6.26 Å². The van der Waals surface area contributed by atoms with Gasteiger partial charge in [0.15, 0.2) is 5.16 Å². The van der Waals surface area contributed by atoms with E-state index in [1.165, 1.54) is 11.8 Å². The van der Waals surface area contributed by atoms with Crippen LogP contribution in [0.1, 0.15) is 20.8 Å². The number of fused-ring (bicyclic) bond motifs is 3. The van der Waals surface area contributed by atoms with Crippen molar-refractivity contribution in [3.05, 3.63) is 0 Å². The van der Waals surface area contributed by atoms with E-state index in [1.54, 1.807) is 6.26 Å². The number of thioether (sulfide) groups is 1. The number of hydrogen-bond donors (Lipinski definition) is 0. The zero-order valence-electron chi connectivity index (χ0n) is 14.2. The monoisotopic (exact) mass is 459 g/mol. The highest BCUT2D eigenvalue weighted by Crippen LogP contribution is 2.46. The third kappa shape index (κ3) is 3.93. The van der Waals surface area contributed by atoms with Gasteiger partial charge in [-0.1, -0.05) is 11.8 Å². The van der Waals surface area contributed by atoms with Gasteiger partial charge in [0, 0.05) is 0 Å². The molecule has 0 unspecified atom stereocenters. The summed E-state index contributed by atoms with van der Waals surface area (Å²) in [6, 6.07) is 0. The Balaban J connectivity index is 2.20. The highest BCUT2D eigenvalue weighted by Gasteiger charge is 2.49. The summed E-state index contributed by atoms with van der Waals surface area (Å²) in [4.78, 5) is 9.09. The van der Waals surface area contributed by atoms with Gasteiger partial charge in [0.1, 0.15) is 15.1 Å². The lowest BCUT2D eigenvalue weighted by atomic mass is 10.2. The molecular formula is C13H12F3N3O4S4. The average molecular weight is 460 g/mol. The lowest BCUT2D eigenvalue weighted by molar-refractivity contribution is -0.0500. The zero-order valence-corrected chi connectivity index (χ0v) is 17.5. The van der Waals surface area contributed by atoms with Crippen molar-refractivity contribution in [3.63, 3.8) is 0 Å². The number of nitrogens with zero attached hydrogens (tertiary/aromatic N) is 3. The fourth-order valence-corrected chi connectivity index (χ4v) is 4.97. The number of halogens is 3. The van der Waals surface area contributed by atoms with E-state index in [1.807, 2.05) is 20.8 Å². The lowest BCUT2D eigenvalue weighted by Crippen LogP contribution is -2.28. The number of hydrogen-bond acceptors (Lipinski definition) is 10. The van der Waals surface area contributed by atoms with Gasteiger partial charge in [-0.3, -0.25) is 0 Å². The molecule has 3 aromatic heterocycles. The van der Waals surface area contributed by atoms with Crippen molar-refractivity contribution >= 4 is 64.4 Å². The molecule has 0 spiro atoms. The summed E-state index contributed by atoms with van der Waals surface area (Å²) in [7, 11) is -5.82. The number of thiophene rings is 1. The summed E-state index contributed by atoms with van der Waals surface area (Å²) < 4.78 is 74.7. The van der Waals surface area contributed by atoms with E-state index >= 15 is 0 Å². The Morgan fingerprint density at radius 2 is 1.74 bits per heavy atom. The van der Waals surface area contributed by atoms with E-state index in [0.29, 0.717) is 20.1 Å². The fourth-order valence-electron chi connectivity index (χ4n) is 1.94. The summed E-state index contributed by atoms with van der Waals surface area (Å²) in [6.07, 6.45) is 1.77. The van der Waals surface area contributed by atoms with Gasteiger partial charge in [-0.2, -0.15) is 30.9 Å². The maximum atomic E-state index is 12.6. The Morgan fingerprint density at radius 3 is 2.30 bits per heavy atom. The molecule has 0 saturated carbocycles. The van der Waals surface area contributed by atoms with Crippen molar-refractivity contribution in [3.8, 4) is 11.8 Å². The molecule has 14 heteroatoms. The maximum absolute atomic E-state index is 12.6. The molecule has 0 saturated heterocycles. The van der Waals surface area contributed by atoms with Gasteiger partial charge in [-0.25, -0.2) is 4.98 Å². The zero-order chi connectivity index (χ0) is 20.2. The van der Waals surface area contributed by atoms with Crippen LogP contribution in [0.25, 0.3) is 19.6 Å². The quantitative estimate of drug-likeness (QED) is 0.245. The average Bonchev–Trinajstić information content (AvgIpc) is 3.03. The molecule has 0 atom stereocenters. The van der Waals surface area contributed by atoms with Gasteiger partial charge in [0.25, 0.3) is 5.88 Å². The topological polar surface area (TPSA) is 91.3 Å². The van der Waals surface area contributed by atoms with E-state index in [2.05, 4.69) is 18.5 Å². The smallest absolute Gasteiger partial charge is 0.471 e. The Bertz CT molecular complexity index is 1120. The van der Waals surface area contributed by atoms with Crippen LogP contribution < -0.4 is 8.92 Å². The first-order valence-corrected chi connectivity index (χ1v) is 11.4. The molecule has 7 nitrogen and oxygen atoms in total. The highest BCUT2D eigenvalue weighted by atomic mass is 32.2. The largest absolute Gasteiger partial charge is 0.534 e. The van der Waals surface area contributed by atoms with E-state index in [4.69, 9.17) is 4.74 Å². The number of ether oxygens (including phenoxy) is 1. The van der Waals surface area contributed by atoms with Crippen molar-refractivity contribution < 1.29 is 30.5 Å². The van der Waals surface area contributed by atoms with Gasteiger partial charge in [0.2, 0.25) is 5.88 Å². The first kappa shape index (κ1) is 20.4. The standard InChI is InChI=1S/C13H12F3N3O4S4/c1-12(2,3)22-8-5-6-7(25-10(5)18-11(17-8)24-4)9(19-26-6)23-27(20,21)13(14,15)16/h1-4H3. The van der Waals surface area contributed by atoms with Crippen molar-refractivity contribution in [1.82, 2.24) is 14.3 Å². The molecule has 0 radical (unpaired) electrons. The van der Waals surface area contributed by atoms with Gasteiger partial charge in [-0.05, 0) is 38.6 Å². The molecule has 0 aromatic carbocycles. The van der Waals surface area contributed by atoms with Crippen molar-refractivity contribution in [2.45, 2.75) is 37.0 Å². The maximum Gasteiger partial charge on any atom is 0.534 e. The first-order chi connectivity index (χ1) is 12.3. The van der Waals surface area contributed by atoms with E-state index in [9.17, 15) is 21.6 Å². The summed E-state index contributed by atoms with van der Waals surface area (Å²) in [6.45, 7) is 5.46. The van der Waals surface area contributed by atoms with Crippen molar-refractivity contribution in [2.24, 2.45) is 0 Å². The third-order valence-electron chi connectivity index (χ3n) is 2.93. The first-order valence-electron chi connectivity index (χ1n) is 7.16. The third-order valence-corrected chi connectivity index (χ3v) is 6.47. The molecule has 0 fully saturated rings. The number of alkyl halides is 3. The van der Waals surface area contributed by atoms with Gasteiger partial charge >= 0.3 is 15.6 Å². The molecule has 27 heavy (non-hydrogen) atoms. The second-order valence-corrected chi connectivity index (χ2v) is 10.2. The van der Waals surface area contributed by atoms with Crippen LogP contribution >= 0.6 is 34.6 Å². The fraction of sp³-hybridized carbons (Fsp3) is 0.462. The second kappa shape index (κ2) is 6.60. The van der Waals surface area contributed by atoms with E-state index in [0.717, 1.165) is 22.9 Å². The number of rotatable bonds is 4. The van der Waals surface area contributed by atoms with Gasteiger partial charge < -0.3 is 8.92 Å². The highest BCUT2D eigenvalue weighted by molar-refractivity contribution is 7.98. The molecule has 0 N–H and O–H groups in total. The van der Waals surface area contributed by atoms with Gasteiger partial charge in [0.05, 0.1) is 10.1 Å². The Morgan fingerprint density at radius 1 is 1.07 bits per heavy atom. The van der Waals surface area contributed by atoms with Gasteiger partial charge in [-0.15, -0.1) is 11.3 Å². The van der Waals surface area contributed by atoms with Crippen LogP contribution in [0.15, 0.2) is 5.16 Å². The summed E-state index contributed by atoms with van der Waals surface area (Å²) in [5.74, 6) is -0.389. The van der Waals surface area contributed by atoms with Crippen LogP contribution in [-0.2, 0) is 10.1 Å². The van der Waals surface area contributed by atoms with Crippen LogP contribution in [0, 0.1) is 0 Å². The van der Waals surface area contributed by atoms with Crippen molar-refractivity contribution in [1.29, 1.82) is 0 Å². The second-order valence-electron chi connectivity index (χ2n) is 6.14. The molecule has 3 aromatic rings. The van der Waals surface area contributed by atoms with E-state index < -0.39 is 27.1 Å². The number of aromatic nitrogens is 3. The minimum Gasteiger partial charge on any atom is -0.471 e. The Labute approximate surface area is 164 Å².